The van der Waals surface area contributed by atoms with Gasteiger partial charge in [0.15, 0.2) is 11.0 Å². The van der Waals surface area contributed by atoms with Crippen molar-refractivity contribution in [2.24, 2.45) is 5.92 Å². The van der Waals surface area contributed by atoms with Gasteiger partial charge in [-0.2, -0.15) is 5.26 Å². The van der Waals surface area contributed by atoms with Gasteiger partial charge in [0, 0.05) is 17.1 Å². The molecule has 8 heteroatoms. The summed E-state index contributed by atoms with van der Waals surface area (Å²) in [6.07, 6.45) is 0. The van der Waals surface area contributed by atoms with Crippen LogP contribution in [0.5, 0.6) is 0 Å². The lowest BCUT2D eigenvalue weighted by Gasteiger charge is -2.28. The second-order valence-electron chi connectivity index (χ2n) is 6.78. The normalized spacial score (nSPS) is 14.4. The van der Waals surface area contributed by atoms with Crippen LogP contribution in [0.1, 0.15) is 34.6 Å². The number of nitrogens with one attached hydrogen (secondary N) is 1. The highest BCUT2D eigenvalue weighted by Gasteiger charge is 2.32. The minimum Gasteiger partial charge on any atom is -0.337 e. The molecule has 0 fully saturated rings. The zero-order valence-corrected chi connectivity index (χ0v) is 17.7. The number of nitriles is 1. The number of amides is 1. The van der Waals surface area contributed by atoms with Crippen LogP contribution in [0.25, 0.3) is 11.4 Å². The highest BCUT2D eigenvalue weighted by Crippen LogP contribution is 2.28. The zero-order valence-electron chi connectivity index (χ0n) is 16.2. The highest BCUT2D eigenvalue weighted by atomic mass is 35.5. The molecule has 2 rings (SSSR count). The number of aromatic nitrogens is 3. The molecular formula is C19H24ClN5OS. The van der Waals surface area contributed by atoms with Crippen LogP contribution < -0.4 is 5.32 Å². The molecule has 1 aromatic heterocycles. The molecule has 6 nitrogen and oxygen atoms in total. The van der Waals surface area contributed by atoms with Crippen molar-refractivity contribution in [1.82, 2.24) is 20.1 Å². The van der Waals surface area contributed by atoms with Crippen molar-refractivity contribution in [1.29, 1.82) is 5.26 Å². The molecule has 0 spiro atoms. The van der Waals surface area contributed by atoms with Gasteiger partial charge in [0.2, 0.25) is 5.91 Å². The number of rotatable bonds is 7. The summed E-state index contributed by atoms with van der Waals surface area (Å²) in [5, 5.41) is 21.7. The van der Waals surface area contributed by atoms with E-state index in [1.54, 1.807) is 13.8 Å². The minimum atomic E-state index is -0.904. The Labute approximate surface area is 169 Å². The SMILES string of the molecule is CCn1c(SC(C)C(=O)NC(C)(C#N)C(C)C)nnc1-c1ccc(Cl)cc1. The first kappa shape index (κ1) is 21.3. The molecule has 0 bridgehead atoms. The quantitative estimate of drug-likeness (QED) is 0.699. The zero-order chi connectivity index (χ0) is 20.2. The Morgan fingerprint density at radius 2 is 1.96 bits per heavy atom. The first-order chi connectivity index (χ1) is 12.7. The summed E-state index contributed by atoms with van der Waals surface area (Å²) in [7, 11) is 0. The Morgan fingerprint density at radius 1 is 1.33 bits per heavy atom. The third kappa shape index (κ3) is 4.82. The van der Waals surface area contributed by atoms with Gasteiger partial charge in [0.25, 0.3) is 0 Å². The standard InChI is InChI=1S/C19H24ClN5OS/c1-6-25-16(14-7-9-15(20)10-8-14)23-24-18(25)27-13(4)17(26)22-19(5,11-21)12(2)3/h7-10,12-13H,6H2,1-5H3,(H,22,26). The van der Waals surface area contributed by atoms with Gasteiger partial charge in [-0.25, -0.2) is 0 Å². The van der Waals surface area contributed by atoms with Crippen LogP contribution in [0.2, 0.25) is 5.02 Å². The molecule has 1 amide bonds. The van der Waals surface area contributed by atoms with E-state index in [2.05, 4.69) is 21.6 Å². The van der Waals surface area contributed by atoms with Crippen LogP contribution in [-0.4, -0.2) is 31.5 Å². The maximum absolute atomic E-state index is 12.6. The average Bonchev–Trinajstić information content (AvgIpc) is 3.04. The van der Waals surface area contributed by atoms with Gasteiger partial charge < -0.3 is 9.88 Å². The van der Waals surface area contributed by atoms with E-state index in [-0.39, 0.29) is 11.8 Å². The van der Waals surface area contributed by atoms with Gasteiger partial charge in [-0.1, -0.05) is 37.2 Å². The molecule has 1 heterocycles. The van der Waals surface area contributed by atoms with E-state index in [4.69, 9.17) is 11.6 Å². The largest absolute Gasteiger partial charge is 0.337 e. The molecule has 1 aromatic carbocycles. The molecule has 27 heavy (non-hydrogen) atoms. The Morgan fingerprint density at radius 3 is 2.48 bits per heavy atom. The van der Waals surface area contributed by atoms with Crippen LogP contribution in [0.4, 0.5) is 0 Å². The monoisotopic (exact) mass is 405 g/mol. The van der Waals surface area contributed by atoms with E-state index in [1.165, 1.54) is 11.8 Å². The summed E-state index contributed by atoms with van der Waals surface area (Å²) in [5.74, 6) is 0.532. The number of hydrogen-bond donors (Lipinski definition) is 1. The van der Waals surface area contributed by atoms with Crippen molar-refractivity contribution in [2.45, 2.75) is 57.1 Å². The molecule has 0 saturated heterocycles. The molecule has 2 atom stereocenters. The smallest absolute Gasteiger partial charge is 0.234 e. The highest BCUT2D eigenvalue weighted by molar-refractivity contribution is 8.00. The molecule has 2 unspecified atom stereocenters. The average molecular weight is 406 g/mol. The lowest BCUT2D eigenvalue weighted by atomic mass is 9.90. The van der Waals surface area contributed by atoms with Crippen LogP contribution >= 0.6 is 23.4 Å². The number of benzene rings is 1. The van der Waals surface area contributed by atoms with Crippen molar-refractivity contribution >= 4 is 29.3 Å². The third-order valence-corrected chi connectivity index (χ3v) is 5.89. The van der Waals surface area contributed by atoms with Gasteiger partial charge in [-0.05, 0) is 51.0 Å². The van der Waals surface area contributed by atoms with Gasteiger partial charge in [0.05, 0.1) is 11.3 Å². The molecule has 1 N–H and O–H groups in total. The Kier molecular flexibility index (Phi) is 6.90. The van der Waals surface area contributed by atoms with Crippen molar-refractivity contribution in [3.63, 3.8) is 0 Å². The molecule has 0 aliphatic carbocycles. The fourth-order valence-electron chi connectivity index (χ4n) is 2.34. The fraction of sp³-hybridized carbons (Fsp3) is 0.474. The van der Waals surface area contributed by atoms with Gasteiger partial charge in [-0.15, -0.1) is 10.2 Å². The molecule has 0 radical (unpaired) electrons. The topological polar surface area (TPSA) is 83.6 Å². The fourth-order valence-corrected chi connectivity index (χ4v) is 3.38. The van der Waals surface area contributed by atoms with E-state index < -0.39 is 10.8 Å². The Hall–Kier alpha value is -2.04. The number of halogens is 1. The lowest BCUT2D eigenvalue weighted by Crippen LogP contribution is -2.51. The van der Waals surface area contributed by atoms with Gasteiger partial charge >= 0.3 is 0 Å². The second-order valence-corrected chi connectivity index (χ2v) is 8.52. The number of carbonyl (C=O) groups excluding carboxylic acids is 1. The van der Waals surface area contributed by atoms with Gasteiger partial charge in [0.1, 0.15) is 5.54 Å². The van der Waals surface area contributed by atoms with E-state index >= 15 is 0 Å². The molecule has 0 aliphatic heterocycles. The Balaban J connectivity index is 2.19. The van der Waals surface area contributed by atoms with E-state index in [0.717, 1.165) is 11.4 Å². The summed E-state index contributed by atoms with van der Waals surface area (Å²) in [6.45, 7) is 10.0. The summed E-state index contributed by atoms with van der Waals surface area (Å²) in [4.78, 5) is 12.6. The number of thioether (sulfide) groups is 1. The first-order valence-corrected chi connectivity index (χ1v) is 10.1. The van der Waals surface area contributed by atoms with Crippen LogP contribution in [0, 0.1) is 17.2 Å². The van der Waals surface area contributed by atoms with E-state index in [0.29, 0.717) is 16.7 Å². The van der Waals surface area contributed by atoms with Crippen LogP contribution in [-0.2, 0) is 11.3 Å². The van der Waals surface area contributed by atoms with Crippen LogP contribution in [0.15, 0.2) is 29.4 Å². The summed E-state index contributed by atoms with van der Waals surface area (Å²) in [6, 6.07) is 9.60. The van der Waals surface area contributed by atoms with E-state index in [1.807, 2.05) is 49.6 Å². The predicted molar refractivity (Wildman–Crippen MR) is 108 cm³/mol. The van der Waals surface area contributed by atoms with Crippen molar-refractivity contribution < 1.29 is 4.79 Å². The first-order valence-electron chi connectivity index (χ1n) is 8.81. The lowest BCUT2D eigenvalue weighted by molar-refractivity contribution is -0.121. The number of hydrogen-bond acceptors (Lipinski definition) is 5. The maximum Gasteiger partial charge on any atom is 0.234 e. The molecule has 144 valence electrons. The van der Waals surface area contributed by atoms with Crippen molar-refractivity contribution in [3.8, 4) is 17.5 Å². The van der Waals surface area contributed by atoms with Crippen molar-refractivity contribution in [3.05, 3.63) is 29.3 Å². The third-order valence-electron chi connectivity index (χ3n) is 4.56. The molecule has 0 saturated carbocycles. The summed E-state index contributed by atoms with van der Waals surface area (Å²) >= 11 is 7.28. The van der Waals surface area contributed by atoms with E-state index in [9.17, 15) is 10.1 Å². The predicted octanol–water partition coefficient (Wildman–Crippen LogP) is 4.15. The second kappa shape index (κ2) is 8.77. The van der Waals surface area contributed by atoms with Crippen LogP contribution in [0.3, 0.4) is 0 Å². The number of carbonyl (C=O) groups is 1. The number of nitrogens with zero attached hydrogens (tertiary/aromatic N) is 4. The Bertz CT molecular complexity index is 843. The van der Waals surface area contributed by atoms with Crippen molar-refractivity contribution in [2.75, 3.05) is 0 Å². The molecule has 0 aliphatic rings. The minimum absolute atomic E-state index is 0.000507. The summed E-state index contributed by atoms with van der Waals surface area (Å²) in [5.41, 5.74) is 0.00767. The molecular weight excluding hydrogens is 382 g/mol. The van der Waals surface area contributed by atoms with Gasteiger partial charge in [-0.3, -0.25) is 4.79 Å². The molecule has 2 aromatic rings. The summed E-state index contributed by atoms with van der Waals surface area (Å²) < 4.78 is 1.96. The maximum atomic E-state index is 12.6.